The lowest BCUT2D eigenvalue weighted by molar-refractivity contribution is 0.0154. The van der Waals surface area contributed by atoms with E-state index in [1.165, 1.54) is 5.38 Å². The first-order valence-corrected chi connectivity index (χ1v) is 10.8. The molecule has 0 spiro atoms. The van der Waals surface area contributed by atoms with Crippen molar-refractivity contribution >= 4 is 28.2 Å². The lowest BCUT2D eigenvalue weighted by atomic mass is 9.62. The third-order valence-corrected chi connectivity index (χ3v) is 6.41. The van der Waals surface area contributed by atoms with Crippen molar-refractivity contribution in [3.63, 3.8) is 0 Å². The van der Waals surface area contributed by atoms with Crippen LogP contribution in [0.3, 0.4) is 0 Å². The lowest BCUT2D eigenvalue weighted by Gasteiger charge is -2.41. The summed E-state index contributed by atoms with van der Waals surface area (Å²) in [4.78, 5) is 25.8. The van der Waals surface area contributed by atoms with Crippen LogP contribution in [0.25, 0.3) is 5.78 Å². The maximum Gasteiger partial charge on any atom is 0.281 e. The number of nitrogens with zero attached hydrogens (tertiary/aromatic N) is 4. The molecule has 5 heterocycles. The van der Waals surface area contributed by atoms with Gasteiger partial charge in [-0.05, 0) is 33.6 Å². The van der Waals surface area contributed by atoms with Crippen molar-refractivity contribution in [2.45, 2.75) is 57.2 Å². The topological polar surface area (TPSA) is 90.6 Å². The van der Waals surface area contributed by atoms with Gasteiger partial charge in [0.05, 0.1) is 24.0 Å². The van der Waals surface area contributed by atoms with Crippen LogP contribution in [0.2, 0.25) is 0 Å². The highest BCUT2D eigenvalue weighted by molar-refractivity contribution is 7.14. The summed E-state index contributed by atoms with van der Waals surface area (Å²) in [5, 5.41) is 3.85. The highest BCUT2D eigenvalue weighted by Gasteiger charge is 2.61. The first-order chi connectivity index (χ1) is 14.7. The fraction of sp³-hybridized carbons (Fsp3) is 0.500. The number of imidazole rings is 1. The van der Waals surface area contributed by atoms with E-state index in [1.807, 2.05) is 20.0 Å². The van der Waals surface area contributed by atoms with Crippen LogP contribution in [0.5, 0.6) is 5.88 Å². The minimum absolute atomic E-state index is 0.0784. The van der Waals surface area contributed by atoms with Crippen LogP contribution in [0.4, 0.5) is 13.9 Å². The van der Waals surface area contributed by atoms with Gasteiger partial charge in [-0.2, -0.15) is 4.98 Å². The first kappa shape index (κ1) is 20.3. The van der Waals surface area contributed by atoms with Crippen LogP contribution in [0.15, 0.2) is 17.8 Å². The summed E-state index contributed by atoms with van der Waals surface area (Å²) in [5.74, 6) is 0.00164. The Kier molecular flexibility index (Phi) is 4.52. The average Bonchev–Trinajstić information content (AvgIpc) is 3.41. The Bertz CT molecular complexity index is 1170. The van der Waals surface area contributed by atoms with Crippen molar-refractivity contribution in [3.05, 3.63) is 34.7 Å². The van der Waals surface area contributed by atoms with Crippen molar-refractivity contribution in [2.75, 3.05) is 11.9 Å². The molecule has 2 aliphatic heterocycles. The Balaban J connectivity index is 1.48. The molecule has 0 radical (unpaired) electrons. The number of aromatic nitrogens is 4. The molecule has 1 aliphatic carbocycles. The molecule has 31 heavy (non-hydrogen) atoms. The molecule has 8 nitrogen and oxygen atoms in total. The fourth-order valence-corrected chi connectivity index (χ4v) is 5.09. The van der Waals surface area contributed by atoms with Gasteiger partial charge in [0.2, 0.25) is 11.7 Å². The number of anilines is 1. The van der Waals surface area contributed by atoms with Crippen LogP contribution in [-0.2, 0) is 10.2 Å². The summed E-state index contributed by atoms with van der Waals surface area (Å²) in [6, 6.07) is 0. The molecule has 1 saturated carbocycles. The highest BCUT2D eigenvalue weighted by Crippen LogP contribution is 2.58. The first-order valence-electron chi connectivity index (χ1n) is 9.92. The number of fused-ring (bicyclic) bond motifs is 2. The Morgan fingerprint density at radius 2 is 2.06 bits per heavy atom. The van der Waals surface area contributed by atoms with Gasteiger partial charge in [-0.15, -0.1) is 11.3 Å². The second-order valence-electron chi connectivity index (χ2n) is 8.66. The molecule has 1 N–H and O–H groups in total. The largest absolute Gasteiger partial charge is 0.474 e. The maximum atomic E-state index is 12.9. The molecule has 3 fully saturated rings. The number of carbonyl (C=O) groups is 1. The van der Waals surface area contributed by atoms with E-state index in [9.17, 15) is 13.6 Å². The zero-order valence-electron chi connectivity index (χ0n) is 17.2. The zero-order valence-corrected chi connectivity index (χ0v) is 18.0. The van der Waals surface area contributed by atoms with Gasteiger partial charge in [-0.3, -0.25) is 14.5 Å². The van der Waals surface area contributed by atoms with Gasteiger partial charge >= 0.3 is 0 Å². The minimum atomic E-state index is -2.70. The van der Waals surface area contributed by atoms with E-state index in [4.69, 9.17) is 9.47 Å². The van der Waals surface area contributed by atoms with Gasteiger partial charge < -0.3 is 9.47 Å². The van der Waals surface area contributed by atoms with Gasteiger partial charge in [0.15, 0.2) is 5.13 Å². The monoisotopic (exact) mass is 449 g/mol. The number of hydrogen-bond donors (Lipinski definition) is 1. The Morgan fingerprint density at radius 3 is 2.68 bits per heavy atom. The van der Waals surface area contributed by atoms with Crippen molar-refractivity contribution in [1.29, 1.82) is 0 Å². The molecule has 2 saturated heterocycles. The van der Waals surface area contributed by atoms with E-state index in [2.05, 4.69) is 27.2 Å². The van der Waals surface area contributed by atoms with Crippen molar-refractivity contribution in [3.8, 4) is 5.88 Å². The summed E-state index contributed by atoms with van der Waals surface area (Å²) in [7, 11) is 0. The number of rotatable bonds is 6. The quantitative estimate of drug-likeness (QED) is 0.612. The normalized spacial score (nSPS) is 24.7. The van der Waals surface area contributed by atoms with Crippen LogP contribution in [-0.4, -0.2) is 43.6 Å². The lowest BCUT2D eigenvalue weighted by Crippen LogP contribution is -2.45. The molecule has 164 valence electrons. The molecule has 3 aliphatic rings. The molecule has 0 aromatic carbocycles. The molecule has 3 aromatic rings. The standard InChI is InChI=1S/C20H21F2N5O3S/c1-10(2)30-16-11(15(28)25-18-23-12(6-31-18)14(21)22)4-27-5-13(24-17(27)26-16)20-7-19(3,8-20)29-9-20/h4-6,10,14H,7-9H2,1-3H3,(H,23,25,28). The Hall–Kier alpha value is -2.66. The van der Waals surface area contributed by atoms with E-state index < -0.39 is 12.3 Å². The molecule has 0 unspecified atom stereocenters. The van der Waals surface area contributed by atoms with Crippen molar-refractivity contribution < 1.29 is 23.0 Å². The number of ether oxygens (including phenoxy) is 2. The number of carbonyl (C=O) groups excluding carboxylic acids is 1. The van der Waals surface area contributed by atoms with Crippen LogP contribution >= 0.6 is 11.3 Å². The van der Waals surface area contributed by atoms with E-state index in [-0.39, 0.29) is 39.4 Å². The van der Waals surface area contributed by atoms with Crippen LogP contribution in [0, 0.1) is 0 Å². The Labute approximate surface area is 180 Å². The summed E-state index contributed by atoms with van der Waals surface area (Å²) in [6.07, 6.45) is 2.35. The SMILES string of the molecule is CC(C)Oc1nc2nc(C34COC(C)(C3)C4)cn2cc1C(=O)Nc1nc(C(F)F)cs1. The molecule has 11 heteroatoms. The van der Waals surface area contributed by atoms with E-state index in [0.29, 0.717) is 12.4 Å². The number of amides is 1. The minimum Gasteiger partial charge on any atom is -0.474 e. The third kappa shape index (κ3) is 3.45. The summed E-state index contributed by atoms with van der Waals surface area (Å²) >= 11 is 0.932. The molecule has 1 amide bonds. The van der Waals surface area contributed by atoms with E-state index in [1.54, 1.807) is 10.6 Å². The smallest absolute Gasteiger partial charge is 0.281 e. The van der Waals surface area contributed by atoms with Crippen molar-refractivity contribution in [2.24, 2.45) is 0 Å². The van der Waals surface area contributed by atoms with Crippen molar-refractivity contribution in [1.82, 2.24) is 19.4 Å². The average molecular weight is 449 g/mol. The van der Waals surface area contributed by atoms with Crippen LogP contribution in [0.1, 0.15) is 61.8 Å². The molecule has 0 atom stereocenters. The summed E-state index contributed by atoms with van der Waals surface area (Å²) < 4.78 is 38.9. The molecular formula is C20H21F2N5O3S. The predicted molar refractivity (Wildman–Crippen MR) is 109 cm³/mol. The van der Waals surface area contributed by atoms with E-state index in [0.717, 1.165) is 29.9 Å². The number of thiazole rings is 1. The van der Waals surface area contributed by atoms with Crippen LogP contribution < -0.4 is 10.1 Å². The van der Waals surface area contributed by atoms with Gasteiger partial charge in [-0.1, -0.05) is 0 Å². The van der Waals surface area contributed by atoms with Gasteiger partial charge in [0.25, 0.3) is 12.3 Å². The zero-order chi connectivity index (χ0) is 22.0. The second-order valence-corrected chi connectivity index (χ2v) is 9.52. The number of hydrogen-bond acceptors (Lipinski definition) is 7. The number of alkyl halides is 2. The molecule has 2 bridgehead atoms. The summed E-state index contributed by atoms with van der Waals surface area (Å²) in [6.45, 7) is 6.36. The number of nitrogens with one attached hydrogen (secondary N) is 1. The number of halogens is 2. The third-order valence-electron chi connectivity index (χ3n) is 5.64. The fourth-order valence-electron chi connectivity index (χ4n) is 4.39. The van der Waals surface area contributed by atoms with Gasteiger partial charge in [0, 0.05) is 23.2 Å². The molecule has 3 aromatic heterocycles. The highest BCUT2D eigenvalue weighted by atomic mass is 32.1. The van der Waals surface area contributed by atoms with E-state index >= 15 is 0 Å². The van der Waals surface area contributed by atoms with Gasteiger partial charge in [-0.25, -0.2) is 18.7 Å². The predicted octanol–water partition coefficient (Wildman–Crippen LogP) is 3.98. The second kappa shape index (κ2) is 6.92. The molecular weight excluding hydrogens is 428 g/mol. The maximum absolute atomic E-state index is 12.9. The molecule has 6 rings (SSSR count). The summed E-state index contributed by atoms with van der Waals surface area (Å²) in [5.41, 5.74) is 0.473. The Morgan fingerprint density at radius 1 is 1.29 bits per heavy atom. The van der Waals surface area contributed by atoms with Gasteiger partial charge in [0.1, 0.15) is 11.3 Å².